The van der Waals surface area contributed by atoms with Crippen LogP contribution >= 0.6 is 0 Å². The van der Waals surface area contributed by atoms with Gasteiger partial charge in [0.2, 0.25) is 5.91 Å². The number of hydrogen-bond donors (Lipinski definition) is 3. The van der Waals surface area contributed by atoms with Crippen LogP contribution in [0.5, 0.6) is 0 Å². The van der Waals surface area contributed by atoms with E-state index >= 15 is 0 Å². The van der Waals surface area contributed by atoms with E-state index in [0.29, 0.717) is 19.4 Å². The molecule has 2 heterocycles. The predicted molar refractivity (Wildman–Crippen MR) is 116 cm³/mol. The third-order valence-electron chi connectivity index (χ3n) is 5.51. The molecule has 1 aliphatic rings. The number of aliphatic hydroxyl groups excluding tert-OH is 1. The molecule has 1 amide bonds. The van der Waals surface area contributed by atoms with Gasteiger partial charge in [-0.15, -0.1) is 0 Å². The van der Waals surface area contributed by atoms with Crippen LogP contribution in [0.1, 0.15) is 35.2 Å². The maximum absolute atomic E-state index is 12.7. The molecule has 3 N–H and O–H groups in total. The highest BCUT2D eigenvalue weighted by Gasteiger charge is 2.25. The van der Waals surface area contributed by atoms with Gasteiger partial charge in [0.05, 0.1) is 18.2 Å². The summed E-state index contributed by atoms with van der Waals surface area (Å²) in [4.78, 5) is 29.1. The van der Waals surface area contributed by atoms with Crippen LogP contribution in [0.15, 0.2) is 48.5 Å². The Morgan fingerprint density at radius 1 is 1.17 bits per heavy atom. The summed E-state index contributed by atoms with van der Waals surface area (Å²) in [6.07, 6.45) is 1.29. The van der Waals surface area contributed by atoms with Gasteiger partial charge in [0.15, 0.2) is 0 Å². The minimum Gasteiger partial charge on any atom is -0.392 e. The molecular formula is C24H25N3O3. The first kappa shape index (κ1) is 20.2. The summed E-state index contributed by atoms with van der Waals surface area (Å²) in [7, 11) is 0. The van der Waals surface area contributed by atoms with Crippen molar-refractivity contribution in [3.05, 3.63) is 70.9 Å². The van der Waals surface area contributed by atoms with Gasteiger partial charge in [-0.2, -0.15) is 0 Å². The zero-order valence-electron chi connectivity index (χ0n) is 16.9. The molecule has 0 saturated carbocycles. The standard InChI is InChI=1S/C24H25N3O3/c1-15-11-18(14-28)20-7-4-6-17(23(20)26-15)12-16-5-2-3-8-21(16)27-24(30)22-13-19(29)9-10-25-22/h2-8,11,22,25,28H,9-10,12-14H2,1H3,(H,27,30)/t22-/m0/s1. The third-order valence-corrected chi connectivity index (χ3v) is 5.51. The molecule has 0 spiro atoms. The molecule has 1 aromatic heterocycles. The summed E-state index contributed by atoms with van der Waals surface area (Å²) >= 11 is 0. The van der Waals surface area contributed by atoms with Gasteiger partial charge < -0.3 is 15.7 Å². The molecule has 1 atom stereocenters. The Balaban J connectivity index is 1.63. The van der Waals surface area contributed by atoms with Gasteiger partial charge >= 0.3 is 0 Å². The van der Waals surface area contributed by atoms with Crippen molar-refractivity contribution in [3.63, 3.8) is 0 Å². The maximum atomic E-state index is 12.7. The Morgan fingerprint density at radius 3 is 2.77 bits per heavy atom. The van der Waals surface area contributed by atoms with Gasteiger partial charge in [0.25, 0.3) is 0 Å². The minimum absolute atomic E-state index is 0.0386. The highest BCUT2D eigenvalue weighted by Crippen LogP contribution is 2.26. The van der Waals surface area contributed by atoms with Crippen LogP contribution in [0, 0.1) is 6.92 Å². The highest BCUT2D eigenvalue weighted by atomic mass is 16.3. The van der Waals surface area contributed by atoms with Gasteiger partial charge in [0, 0.05) is 42.6 Å². The van der Waals surface area contributed by atoms with Crippen molar-refractivity contribution >= 4 is 28.3 Å². The Kier molecular flexibility index (Phi) is 5.88. The van der Waals surface area contributed by atoms with E-state index in [1.807, 2.05) is 55.5 Å². The SMILES string of the molecule is Cc1cc(CO)c2cccc(Cc3ccccc3NC(=O)[C@@H]3CC(=O)CCN3)c2n1. The lowest BCUT2D eigenvalue weighted by molar-refractivity contribution is -0.126. The van der Waals surface area contributed by atoms with Crippen molar-refractivity contribution in [2.24, 2.45) is 0 Å². The second-order valence-corrected chi connectivity index (χ2v) is 7.72. The number of aliphatic hydroxyl groups is 1. The Hall–Kier alpha value is -3.09. The van der Waals surface area contributed by atoms with Crippen LogP contribution in [-0.2, 0) is 22.6 Å². The fourth-order valence-corrected chi connectivity index (χ4v) is 3.99. The number of carbonyl (C=O) groups excluding carboxylic acids is 2. The average Bonchev–Trinajstić information content (AvgIpc) is 2.75. The largest absolute Gasteiger partial charge is 0.392 e. The van der Waals surface area contributed by atoms with Crippen molar-refractivity contribution in [1.29, 1.82) is 0 Å². The zero-order valence-corrected chi connectivity index (χ0v) is 16.9. The first-order valence-corrected chi connectivity index (χ1v) is 10.2. The lowest BCUT2D eigenvalue weighted by Gasteiger charge is -2.22. The second-order valence-electron chi connectivity index (χ2n) is 7.72. The molecule has 1 aliphatic heterocycles. The van der Waals surface area contributed by atoms with Crippen molar-refractivity contribution in [3.8, 4) is 0 Å². The number of piperidine rings is 1. The molecule has 0 radical (unpaired) electrons. The van der Waals surface area contributed by atoms with Crippen molar-refractivity contribution in [1.82, 2.24) is 10.3 Å². The number of rotatable bonds is 5. The molecule has 1 saturated heterocycles. The first-order chi connectivity index (χ1) is 14.5. The van der Waals surface area contributed by atoms with E-state index in [1.165, 1.54) is 0 Å². The lowest BCUT2D eigenvalue weighted by atomic mass is 9.98. The van der Waals surface area contributed by atoms with E-state index in [-0.39, 0.29) is 24.7 Å². The topological polar surface area (TPSA) is 91.3 Å². The number of fused-ring (bicyclic) bond motifs is 1. The van der Waals surface area contributed by atoms with Crippen LogP contribution in [0.4, 0.5) is 5.69 Å². The summed E-state index contributed by atoms with van der Waals surface area (Å²) in [5, 5.41) is 16.8. The first-order valence-electron chi connectivity index (χ1n) is 10.2. The fourth-order valence-electron chi connectivity index (χ4n) is 3.99. The lowest BCUT2D eigenvalue weighted by Crippen LogP contribution is -2.46. The highest BCUT2D eigenvalue weighted by molar-refractivity contribution is 5.99. The predicted octanol–water partition coefficient (Wildman–Crippen LogP) is 2.89. The smallest absolute Gasteiger partial charge is 0.241 e. The fraction of sp³-hybridized carbons (Fsp3) is 0.292. The van der Waals surface area contributed by atoms with E-state index in [1.54, 1.807) is 0 Å². The normalized spacial score (nSPS) is 16.6. The molecular weight excluding hydrogens is 378 g/mol. The molecule has 1 fully saturated rings. The number of Topliss-reactive ketones (excluding diaryl/α,β-unsaturated/α-hetero) is 1. The van der Waals surface area contributed by atoms with Gasteiger partial charge in [-0.3, -0.25) is 14.6 Å². The molecule has 0 bridgehead atoms. The van der Waals surface area contributed by atoms with Crippen LogP contribution in [0.3, 0.4) is 0 Å². The van der Waals surface area contributed by atoms with Gasteiger partial charge in [0.1, 0.15) is 5.78 Å². The van der Waals surface area contributed by atoms with Crippen LogP contribution in [-0.4, -0.2) is 34.4 Å². The number of aryl methyl sites for hydroxylation is 1. The van der Waals surface area contributed by atoms with Gasteiger partial charge in [-0.05, 0) is 35.7 Å². The van der Waals surface area contributed by atoms with E-state index < -0.39 is 6.04 Å². The van der Waals surface area contributed by atoms with Crippen molar-refractivity contribution in [2.75, 3.05) is 11.9 Å². The average molecular weight is 403 g/mol. The number of aromatic nitrogens is 1. The van der Waals surface area contributed by atoms with Gasteiger partial charge in [-0.1, -0.05) is 36.4 Å². The Labute approximate surface area is 175 Å². The van der Waals surface area contributed by atoms with Crippen LogP contribution in [0.25, 0.3) is 10.9 Å². The summed E-state index contributed by atoms with van der Waals surface area (Å²) < 4.78 is 0. The van der Waals surface area contributed by atoms with Crippen molar-refractivity contribution in [2.45, 2.75) is 38.8 Å². The number of para-hydroxylation sites is 2. The number of hydrogen-bond acceptors (Lipinski definition) is 5. The molecule has 6 heteroatoms. The minimum atomic E-state index is -0.492. The molecule has 4 rings (SSSR count). The number of nitrogens with one attached hydrogen (secondary N) is 2. The number of amides is 1. The molecule has 6 nitrogen and oxygen atoms in total. The van der Waals surface area contributed by atoms with Crippen LogP contribution < -0.4 is 10.6 Å². The summed E-state index contributed by atoms with van der Waals surface area (Å²) in [6.45, 7) is 2.41. The van der Waals surface area contributed by atoms with Gasteiger partial charge in [-0.25, -0.2) is 0 Å². The number of nitrogens with zero attached hydrogens (tertiary/aromatic N) is 1. The van der Waals surface area contributed by atoms with E-state index in [0.717, 1.165) is 39.0 Å². The third kappa shape index (κ3) is 4.25. The van der Waals surface area contributed by atoms with E-state index in [4.69, 9.17) is 4.98 Å². The van der Waals surface area contributed by atoms with Crippen LogP contribution in [0.2, 0.25) is 0 Å². The number of ketones is 1. The molecule has 3 aromatic rings. The van der Waals surface area contributed by atoms with E-state index in [2.05, 4.69) is 10.6 Å². The zero-order chi connectivity index (χ0) is 21.1. The van der Waals surface area contributed by atoms with E-state index in [9.17, 15) is 14.7 Å². The number of benzene rings is 2. The second kappa shape index (κ2) is 8.73. The summed E-state index contributed by atoms with van der Waals surface area (Å²) in [5.41, 5.74) is 5.30. The summed E-state index contributed by atoms with van der Waals surface area (Å²) in [6, 6.07) is 15.0. The molecule has 2 aromatic carbocycles. The number of carbonyl (C=O) groups is 2. The number of pyridine rings is 1. The Morgan fingerprint density at radius 2 is 1.97 bits per heavy atom. The Bertz CT molecular complexity index is 1110. The summed E-state index contributed by atoms with van der Waals surface area (Å²) in [5.74, 6) is -0.0796. The molecule has 0 unspecified atom stereocenters. The quantitative estimate of drug-likeness (QED) is 0.609. The number of anilines is 1. The maximum Gasteiger partial charge on any atom is 0.241 e. The molecule has 154 valence electrons. The monoisotopic (exact) mass is 403 g/mol. The molecule has 30 heavy (non-hydrogen) atoms. The molecule has 0 aliphatic carbocycles. The van der Waals surface area contributed by atoms with Crippen molar-refractivity contribution < 1.29 is 14.7 Å².